The first-order valence-corrected chi connectivity index (χ1v) is 4.00. The lowest BCUT2D eigenvalue weighted by Gasteiger charge is -2.27. The van der Waals surface area contributed by atoms with Crippen molar-refractivity contribution in [1.82, 2.24) is 5.32 Å². The Morgan fingerprint density at radius 1 is 1.70 bits per heavy atom. The van der Waals surface area contributed by atoms with Gasteiger partial charge >= 0.3 is 0 Å². The molecule has 1 unspecified atom stereocenters. The number of hydrogen-bond donors (Lipinski definition) is 1. The van der Waals surface area contributed by atoms with Gasteiger partial charge in [0.15, 0.2) is 0 Å². The lowest BCUT2D eigenvalue weighted by Crippen LogP contribution is -2.28. The Hall–Kier alpha value is -0.480. The van der Waals surface area contributed by atoms with Crippen LogP contribution in [0, 0.1) is 18.3 Å². The summed E-state index contributed by atoms with van der Waals surface area (Å²) in [5.41, 5.74) is 0. The predicted octanol–water partition coefficient (Wildman–Crippen LogP) is 1.40. The highest BCUT2D eigenvalue weighted by Crippen LogP contribution is 2.30. The number of rotatable bonds is 3. The Labute approximate surface area is 63.2 Å². The standard InChI is InChI=1S/C9H15N/c1-3-9(10-2)7-8-5-4-6-8/h1,8-10H,4-7H2,2H3. The van der Waals surface area contributed by atoms with Crippen LogP contribution in [-0.4, -0.2) is 13.1 Å². The van der Waals surface area contributed by atoms with E-state index < -0.39 is 0 Å². The van der Waals surface area contributed by atoms with Gasteiger partial charge in [0.25, 0.3) is 0 Å². The van der Waals surface area contributed by atoms with Crippen LogP contribution in [0.25, 0.3) is 0 Å². The van der Waals surface area contributed by atoms with Gasteiger partial charge in [0.05, 0.1) is 6.04 Å². The summed E-state index contributed by atoms with van der Waals surface area (Å²) in [5.74, 6) is 3.65. The third kappa shape index (κ3) is 1.75. The van der Waals surface area contributed by atoms with Gasteiger partial charge in [-0.05, 0) is 19.4 Å². The van der Waals surface area contributed by atoms with Crippen molar-refractivity contribution in [3.05, 3.63) is 0 Å². The second-order valence-electron chi connectivity index (χ2n) is 3.04. The highest BCUT2D eigenvalue weighted by molar-refractivity contribution is 4.99. The van der Waals surface area contributed by atoms with Crippen molar-refractivity contribution in [3.63, 3.8) is 0 Å². The zero-order valence-electron chi connectivity index (χ0n) is 6.56. The van der Waals surface area contributed by atoms with Gasteiger partial charge < -0.3 is 5.32 Å². The normalized spacial score (nSPS) is 21.2. The van der Waals surface area contributed by atoms with Crippen molar-refractivity contribution >= 4 is 0 Å². The van der Waals surface area contributed by atoms with Crippen LogP contribution in [0.2, 0.25) is 0 Å². The van der Waals surface area contributed by atoms with Gasteiger partial charge in [-0.1, -0.05) is 25.2 Å². The van der Waals surface area contributed by atoms with Gasteiger partial charge in [-0.2, -0.15) is 0 Å². The quantitative estimate of drug-likeness (QED) is 0.580. The summed E-state index contributed by atoms with van der Waals surface area (Å²) >= 11 is 0. The smallest absolute Gasteiger partial charge is 0.0687 e. The second-order valence-corrected chi connectivity index (χ2v) is 3.04. The first kappa shape index (κ1) is 7.63. The van der Waals surface area contributed by atoms with E-state index >= 15 is 0 Å². The van der Waals surface area contributed by atoms with Gasteiger partial charge in [-0.3, -0.25) is 0 Å². The number of hydrogen-bond acceptors (Lipinski definition) is 1. The third-order valence-electron chi connectivity index (χ3n) is 2.34. The second kappa shape index (κ2) is 3.63. The van der Waals surface area contributed by atoms with E-state index in [1.54, 1.807) is 0 Å². The van der Waals surface area contributed by atoms with Crippen molar-refractivity contribution in [2.75, 3.05) is 7.05 Å². The maximum Gasteiger partial charge on any atom is 0.0687 e. The van der Waals surface area contributed by atoms with Crippen LogP contribution in [-0.2, 0) is 0 Å². The van der Waals surface area contributed by atoms with E-state index in [9.17, 15) is 0 Å². The molecule has 0 radical (unpaired) electrons. The van der Waals surface area contributed by atoms with Crippen LogP contribution in [0.5, 0.6) is 0 Å². The molecule has 0 amide bonds. The molecule has 0 aromatic rings. The molecule has 1 aliphatic rings. The van der Waals surface area contributed by atoms with Crippen molar-refractivity contribution in [1.29, 1.82) is 0 Å². The molecule has 0 aromatic carbocycles. The Morgan fingerprint density at radius 2 is 2.40 bits per heavy atom. The molecule has 0 aromatic heterocycles. The summed E-state index contributed by atoms with van der Waals surface area (Å²) in [6.45, 7) is 0. The molecule has 1 heteroatoms. The fraction of sp³-hybridized carbons (Fsp3) is 0.778. The minimum Gasteiger partial charge on any atom is -0.307 e. The Morgan fingerprint density at radius 3 is 2.70 bits per heavy atom. The fourth-order valence-electron chi connectivity index (χ4n) is 1.33. The summed E-state index contributed by atoms with van der Waals surface area (Å²) < 4.78 is 0. The highest BCUT2D eigenvalue weighted by Gasteiger charge is 2.19. The molecule has 1 aliphatic carbocycles. The van der Waals surface area contributed by atoms with Gasteiger partial charge in [0.1, 0.15) is 0 Å². The lowest BCUT2D eigenvalue weighted by molar-refractivity contribution is 0.281. The molecule has 0 saturated heterocycles. The molecule has 1 atom stereocenters. The zero-order valence-corrected chi connectivity index (χ0v) is 6.56. The van der Waals surface area contributed by atoms with E-state index in [-0.39, 0.29) is 0 Å². The van der Waals surface area contributed by atoms with Crippen molar-refractivity contribution in [3.8, 4) is 12.3 Å². The largest absolute Gasteiger partial charge is 0.307 e. The van der Waals surface area contributed by atoms with E-state index in [1.807, 2.05) is 7.05 Å². The number of terminal acetylenes is 1. The van der Waals surface area contributed by atoms with Gasteiger partial charge in [-0.15, -0.1) is 6.42 Å². The monoisotopic (exact) mass is 137 g/mol. The van der Waals surface area contributed by atoms with Crippen LogP contribution in [0.1, 0.15) is 25.7 Å². The third-order valence-corrected chi connectivity index (χ3v) is 2.34. The maximum absolute atomic E-state index is 5.30. The molecule has 10 heavy (non-hydrogen) atoms. The first-order chi connectivity index (χ1) is 4.86. The van der Waals surface area contributed by atoms with Crippen LogP contribution in [0.4, 0.5) is 0 Å². The molecule has 0 heterocycles. The number of nitrogens with one attached hydrogen (secondary N) is 1. The highest BCUT2D eigenvalue weighted by atomic mass is 14.9. The Balaban J connectivity index is 2.15. The fourth-order valence-corrected chi connectivity index (χ4v) is 1.33. The van der Waals surface area contributed by atoms with Crippen molar-refractivity contribution in [2.24, 2.45) is 5.92 Å². The molecular weight excluding hydrogens is 122 g/mol. The Kier molecular flexibility index (Phi) is 2.77. The van der Waals surface area contributed by atoms with Crippen LogP contribution in [0.15, 0.2) is 0 Å². The summed E-state index contributed by atoms with van der Waals surface area (Å²) in [7, 11) is 1.93. The summed E-state index contributed by atoms with van der Waals surface area (Å²) in [5, 5.41) is 3.11. The van der Waals surface area contributed by atoms with E-state index in [0.29, 0.717) is 6.04 Å². The molecule has 0 bridgehead atoms. The van der Waals surface area contributed by atoms with E-state index in [1.165, 1.54) is 25.7 Å². The van der Waals surface area contributed by atoms with E-state index in [4.69, 9.17) is 6.42 Å². The van der Waals surface area contributed by atoms with Crippen LogP contribution in [0.3, 0.4) is 0 Å². The predicted molar refractivity (Wildman–Crippen MR) is 43.6 cm³/mol. The molecule has 1 nitrogen and oxygen atoms in total. The van der Waals surface area contributed by atoms with Crippen LogP contribution < -0.4 is 5.32 Å². The average molecular weight is 137 g/mol. The summed E-state index contributed by atoms with van der Waals surface area (Å²) in [6, 6.07) is 0.310. The zero-order chi connectivity index (χ0) is 7.40. The molecule has 1 N–H and O–H groups in total. The van der Waals surface area contributed by atoms with Gasteiger partial charge in [0.2, 0.25) is 0 Å². The van der Waals surface area contributed by atoms with Gasteiger partial charge in [0, 0.05) is 0 Å². The molecular formula is C9H15N. The van der Waals surface area contributed by atoms with Gasteiger partial charge in [-0.25, -0.2) is 0 Å². The molecule has 56 valence electrons. The average Bonchev–Trinajstić information content (AvgIpc) is 1.87. The van der Waals surface area contributed by atoms with Crippen LogP contribution >= 0.6 is 0 Å². The topological polar surface area (TPSA) is 12.0 Å². The summed E-state index contributed by atoms with van der Waals surface area (Å²) in [4.78, 5) is 0. The molecule has 1 rings (SSSR count). The van der Waals surface area contributed by atoms with E-state index in [2.05, 4.69) is 11.2 Å². The molecule has 0 spiro atoms. The SMILES string of the molecule is C#CC(CC1CCC1)NC. The Bertz CT molecular complexity index is 130. The maximum atomic E-state index is 5.30. The molecule has 1 saturated carbocycles. The molecule has 1 fully saturated rings. The minimum absolute atomic E-state index is 0.310. The first-order valence-electron chi connectivity index (χ1n) is 4.00. The molecule has 0 aliphatic heterocycles. The van der Waals surface area contributed by atoms with Crippen molar-refractivity contribution in [2.45, 2.75) is 31.7 Å². The van der Waals surface area contributed by atoms with Crippen molar-refractivity contribution < 1.29 is 0 Å². The minimum atomic E-state index is 0.310. The van der Waals surface area contributed by atoms with E-state index in [0.717, 1.165) is 5.92 Å². The lowest BCUT2D eigenvalue weighted by atomic mass is 9.81. The summed E-state index contributed by atoms with van der Waals surface area (Å²) in [6.07, 6.45) is 10.7.